The zero-order valence-electron chi connectivity index (χ0n) is 11.6. The summed E-state index contributed by atoms with van der Waals surface area (Å²) in [6.45, 7) is 1.93. The summed E-state index contributed by atoms with van der Waals surface area (Å²) in [5.41, 5.74) is 0.666. The normalized spacial score (nSPS) is 26.0. The maximum absolute atomic E-state index is 13.6. The number of hydrogen-bond acceptors (Lipinski definition) is 2. The number of nitrogens with one attached hydrogen (secondary N) is 1. The molecule has 1 saturated carbocycles. The molecule has 0 spiro atoms. The maximum atomic E-state index is 13.6. The molecule has 2 aliphatic rings. The number of halogens is 2. The van der Waals surface area contributed by atoms with Crippen molar-refractivity contribution in [2.24, 2.45) is 5.92 Å². The highest BCUT2D eigenvalue weighted by Gasteiger charge is 2.45. The molecule has 0 bridgehead atoms. The second-order valence-electron chi connectivity index (χ2n) is 5.68. The summed E-state index contributed by atoms with van der Waals surface area (Å²) in [6, 6.07) is 3.76. The molecule has 21 heavy (non-hydrogen) atoms. The molecule has 1 aliphatic heterocycles. The van der Waals surface area contributed by atoms with E-state index in [0.29, 0.717) is 10.0 Å². The number of piperazine rings is 1. The highest BCUT2D eigenvalue weighted by Crippen LogP contribution is 2.35. The van der Waals surface area contributed by atoms with E-state index in [4.69, 9.17) is 0 Å². The molecule has 4 nitrogen and oxygen atoms in total. The summed E-state index contributed by atoms with van der Waals surface area (Å²) in [7, 11) is 0. The first kappa shape index (κ1) is 14.5. The van der Waals surface area contributed by atoms with Crippen LogP contribution < -0.4 is 5.32 Å². The number of amides is 2. The van der Waals surface area contributed by atoms with Crippen molar-refractivity contribution in [1.29, 1.82) is 0 Å². The van der Waals surface area contributed by atoms with Gasteiger partial charge in [0.15, 0.2) is 0 Å². The van der Waals surface area contributed by atoms with E-state index in [1.54, 1.807) is 24.0 Å². The fraction of sp³-hybridized carbons (Fsp3) is 0.467. The molecule has 1 aromatic rings. The Morgan fingerprint density at radius 1 is 1.38 bits per heavy atom. The van der Waals surface area contributed by atoms with E-state index in [2.05, 4.69) is 21.2 Å². The van der Waals surface area contributed by atoms with Crippen LogP contribution in [0.3, 0.4) is 0 Å². The van der Waals surface area contributed by atoms with E-state index in [-0.39, 0.29) is 30.1 Å². The van der Waals surface area contributed by atoms with Gasteiger partial charge in [-0.25, -0.2) is 4.39 Å². The van der Waals surface area contributed by atoms with Gasteiger partial charge in [-0.3, -0.25) is 9.59 Å². The van der Waals surface area contributed by atoms with Crippen LogP contribution in [-0.2, 0) is 16.1 Å². The van der Waals surface area contributed by atoms with Crippen LogP contribution in [0.25, 0.3) is 0 Å². The van der Waals surface area contributed by atoms with Gasteiger partial charge in [0.25, 0.3) is 0 Å². The summed E-state index contributed by atoms with van der Waals surface area (Å²) in [5.74, 6) is -0.319. The monoisotopic (exact) mass is 354 g/mol. The molecule has 6 heteroatoms. The van der Waals surface area contributed by atoms with Crippen molar-refractivity contribution < 1.29 is 14.0 Å². The molecular formula is C15H16BrFN2O2. The minimum atomic E-state index is -0.539. The van der Waals surface area contributed by atoms with Gasteiger partial charge in [0.2, 0.25) is 11.8 Å². The summed E-state index contributed by atoms with van der Waals surface area (Å²) in [5, 5.41) is 2.80. The van der Waals surface area contributed by atoms with E-state index in [1.165, 1.54) is 6.07 Å². The number of rotatable bonds is 3. The Kier molecular flexibility index (Phi) is 3.73. The molecule has 1 saturated heterocycles. The predicted octanol–water partition coefficient (Wildman–Crippen LogP) is 2.21. The molecule has 0 radical (unpaired) electrons. The lowest BCUT2D eigenvalue weighted by Gasteiger charge is -2.37. The van der Waals surface area contributed by atoms with E-state index >= 15 is 0 Å². The smallest absolute Gasteiger partial charge is 0.246 e. The number of carbonyl (C=O) groups is 2. The van der Waals surface area contributed by atoms with E-state index < -0.39 is 12.1 Å². The zero-order chi connectivity index (χ0) is 15.1. The largest absolute Gasteiger partial charge is 0.342 e. The quantitative estimate of drug-likeness (QED) is 0.904. The fourth-order valence-electron chi connectivity index (χ4n) is 2.66. The molecule has 0 aromatic heterocycles. The van der Waals surface area contributed by atoms with Gasteiger partial charge in [-0.05, 0) is 53.2 Å². The van der Waals surface area contributed by atoms with Gasteiger partial charge in [0.05, 0.1) is 4.47 Å². The predicted molar refractivity (Wildman–Crippen MR) is 78.8 cm³/mol. The average molecular weight is 355 g/mol. The van der Waals surface area contributed by atoms with Crippen molar-refractivity contribution in [3.63, 3.8) is 0 Å². The highest BCUT2D eigenvalue weighted by atomic mass is 79.9. The Morgan fingerprint density at radius 3 is 2.76 bits per heavy atom. The molecule has 1 aromatic carbocycles. The Balaban J connectivity index is 1.86. The molecular weight excluding hydrogens is 339 g/mol. The molecule has 1 heterocycles. The van der Waals surface area contributed by atoms with Crippen molar-refractivity contribution in [1.82, 2.24) is 10.2 Å². The van der Waals surface area contributed by atoms with Crippen LogP contribution in [0, 0.1) is 11.7 Å². The van der Waals surface area contributed by atoms with E-state index in [1.807, 2.05) is 0 Å². The molecule has 2 amide bonds. The Morgan fingerprint density at radius 2 is 2.10 bits per heavy atom. The van der Waals surface area contributed by atoms with Crippen LogP contribution >= 0.6 is 15.9 Å². The van der Waals surface area contributed by atoms with Crippen LogP contribution in [0.4, 0.5) is 4.39 Å². The minimum absolute atomic E-state index is 0.0687. The van der Waals surface area contributed by atoms with Gasteiger partial charge < -0.3 is 10.2 Å². The van der Waals surface area contributed by atoms with E-state index in [0.717, 1.165) is 12.8 Å². The van der Waals surface area contributed by atoms with Gasteiger partial charge >= 0.3 is 0 Å². The second kappa shape index (κ2) is 5.40. The lowest BCUT2D eigenvalue weighted by Crippen LogP contribution is -2.62. The first-order valence-electron chi connectivity index (χ1n) is 7.03. The topological polar surface area (TPSA) is 49.4 Å². The lowest BCUT2D eigenvalue weighted by molar-refractivity contribution is -0.149. The molecule has 3 rings (SSSR count). The van der Waals surface area contributed by atoms with Gasteiger partial charge in [-0.2, -0.15) is 0 Å². The van der Waals surface area contributed by atoms with Crippen LogP contribution in [0.15, 0.2) is 22.7 Å². The van der Waals surface area contributed by atoms with Gasteiger partial charge in [0, 0.05) is 6.54 Å². The molecule has 2 atom stereocenters. The highest BCUT2D eigenvalue weighted by molar-refractivity contribution is 9.10. The summed E-state index contributed by atoms with van der Waals surface area (Å²) >= 11 is 3.20. The minimum Gasteiger partial charge on any atom is -0.342 e. The summed E-state index contributed by atoms with van der Waals surface area (Å²) in [6.07, 6.45) is 1.95. The average Bonchev–Trinajstić information content (AvgIpc) is 3.28. The maximum Gasteiger partial charge on any atom is 0.246 e. The van der Waals surface area contributed by atoms with Crippen LogP contribution in [0.1, 0.15) is 25.3 Å². The van der Waals surface area contributed by atoms with E-state index in [9.17, 15) is 14.0 Å². The second-order valence-corrected chi connectivity index (χ2v) is 6.47. The third kappa shape index (κ3) is 2.69. The van der Waals surface area contributed by atoms with Crippen molar-refractivity contribution in [3.8, 4) is 0 Å². The molecule has 112 valence electrons. The van der Waals surface area contributed by atoms with Crippen molar-refractivity contribution >= 4 is 27.7 Å². The van der Waals surface area contributed by atoms with Crippen molar-refractivity contribution in [3.05, 3.63) is 34.1 Å². The Labute approximate surface area is 130 Å². The standard InChI is InChI=1S/C15H16BrFN2O2/c1-8-14(20)18-13(9-5-6-9)15(21)19(8)7-10-3-2-4-11(17)12(10)16/h2-4,8-9,13H,5-7H2,1H3,(H,18,20). The molecule has 1 N–H and O–H groups in total. The third-order valence-electron chi connectivity index (χ3n) is 4.16. The van der Waals surface area contributed by atoms with Crippen LogP contribution in [-0.4, -0.2) is 28.8 Å². The third-order valence-corrected chi connectivity index (χ3v) is 5.05. The number of benzene rings is 1. The lowest BCUT2D eigenvalue weighted by atomic mass is 10.0. The summed E-state index contributed by atoms with van der Waals surface area (Å²) < 4.78 is 13.9. The van der Waals surface area contributed by atoms with Crippen LogP contribution in [0.5, 0.6) is 0 Å². The Hall–Kier alpha value is -1.43. The fourth-order valence-corrected chi connectivity index (χ4v) is 3.05. The molecule has 2 unspecified atom stereocenters. The van der Waals surface area contributed by atoms with Gasteiger partial charge in [0.1, 0.15) is 17.9 Å². The number of hydrogen-bond donors (Lipinski definition) is 1. The molecule has 2 fully saturated rings. The number of carbonyl (C=O) groups excluding carboxylic acids is 2. The van der Waals surface area contributed by atoms with Crippen LogP contribution in [0.2, 0.25) is 0 Å². The zero-order valence-corrected chi connectivity index (χ0v) is 13.2. The Bertz CT molecular complexity index is 603. The summed E-state index contributed by atoms with van der Waals surface area (Å²) in [4.78, 5) is 26.2. The van der Waals surface area contributed by atoms with Gasteiger partial charge in [-0.15, -0.1) is 0 Å². The van der Waals surface area contributed by atoms with Crippen molar-refractivity contribution in [2.45, 2.75) is 38.4 Å². The first-order valence-corrected chi connectivity index (χ1v) is 7.82. The molecule has 1 aliphatic carbocycles. The number of nitrogens with zero attached hydrogens (tertiary/aromatic N) is 1. The first-order chi connectivity index (χ1) is 9.99. The SMILES string of the molecule is CC1C(=O)NC(C2CC2)C(=O)N1Cc1cccc(F)c1Br. The van der Waals surface area contributed by atoms with Crippen molar-refractivity contribution in [2.75, 3.05) is 0 Å². The van der Waals surface area contributed by atoms with Gasteiger partial charge in [-0.1, -0.05) is 12.1 Å².